The number of aryl methyl sites for hydroxylation is 1. The SMILES string of the molecule is CCOC(=O)c1c(-c2ccc(C)cc2)csc1NC(=O)CNC(C)CC. The highest BCUT2D eigenvalue weighted by Gasteiger charge is 2.22. The van der Waals surface area contributed by atoms with Gasteiger partial charge in [-0.3, -0.25) is 4.79 Å². The Morgan fingerprint density at radius 2 is 1.88 bits per heavy atom. The molecule has 140 valence electrons. The molecule has 2 N–H and O–H groups in total. The van der Waals surface area contributed by atoms with E-state index in [2.05, 4.69) is 17.6 Å². The number of carbonyl (C=O) groups is 2. The predicted molar refractivity (Wildman–Crippen MR) is 107 cm³/mol. The van der Waals surface area contributed by atoms with Crippen LogP contribution in [0.4, 0.5) is 5.00 Å². The number of thiophene rings is 1. The van der Waals surface area contributed by atoms with Gasteiger partial charge in [-0.2, -0.15) is 0 Å². The maximum Gasteiger partial charge on any atom is 0.341 e. The van der Waals surface area contributed by atoms with Crippen LogP contribution in [-0.4, -0.2) is 31.1 Å². The molecule has 2 rings (SSSR count). The van der Waals surface area contributed by atoms with Gasteiger partial charge in [0.05, 0.1) is 13.2 Å². The summed E-state index contributed by atoms with van der Waals surface area (Å²) in [7, 11) is 0. The summed E-state index contributed by atoms with van der Waals surface area (Å²) in [5.74, 6) is -0.595. The summed E-state index contributed by atoms with van der Waals surface area (Å²) in [6, 6.07) is 8.19. The van der Waals surface area contributed by atoms with E-state index in [1.165, 1.54) is 11.3 Å². The molecule has 2 aromatic rings. The first-order valence-electron chi connectivity index (χ1n) is 8.85. The number of ether oxygens (including phenoxy) is 1. The second-order valence-electron chi connectivity index (χ2n) is 6.18. The van der Waals surface area contributed by atoms with Crippen LogP contribution in [0, 0.1) is 6.92 Å². The molecule has 0 aliphatic carbocycles. The van der Waals surface area contributed by atoms with E-state index in [0.29, 0.717) is 10.6 Å². The predicted octanol–water partition coefficient (Wildman–Crippen LogP) is 4.23. The molecule has 0 bridgehead atoms. The van der Waals surface area contributed by atoms with Crippen molar-refractivity contribution >= 4 is 28.2 Å². The zero-order chi connectivity index (χ0) is 19.1. The first kappa shape index (κ1) is 20.1. The van der Waals surface area contributed by atoms with Crippen LogP contribution in [0.5, 0.6) is 0 Å². The van der Waals surface area contributed by atoms with Crippen LogP contribution < -0.4 is 10.6 Å². The summed E-state index contributed by atoms with van der Waals surface area (Å²) in [5.41, 5.74) is 3.26. The van der Waals surface area contributed by atoms with Crippen molar-refractivity contribution in [3.63, 3.8) is 0 Å². The molecule has 0 saturated heterocycles. The number of carbonyl (C=O) groups excluding carboxylic acids is 2. The van der Waals surface area contributed by atoms with Crippen LogP contribution in [0.1, 0.15) is 43.1 Å². The van der Waals surface area contributed by atoms with Gasteiger partial charge >= 0.3 is 5.97 Å². The van der Waals surface area contributed by atoms with Gasteiger partial charge in [-0.15, -0.1) is 11.3 Å². The van der Waals surface area contributed by atoms with Crippen molar-refractivity contribution < 1.29 is 14.3 Å². The summed E-state index contributed by atoms with van der Waals surface area (Å²) < 4.78 is 5.21. The Labute approximate surface area is 158 Å². The largest absolute Gasteiger partial charge is 0.462 e. The monoisotopic (exact) mass is 374 g/mol. The third-order valence-corrected chi connectivity index (χ3v) is 5.01. The van der Waals surface area contributed by atoms with Crippen LogP contribution in [-0.2, 0) is 9.53 Å². The Kier molecular flexibility index (Phi) is 7.36. The Balaban J connectivity index is 2.27. The molecular weight excluding hydrogens is 348 g/mol. The summed E-state index contributed by atoms with van der Waals surface area (Å²) >= 11 is 1.34. The molecular formula is C20H26N2O3S. The number of nitrogens with one attached hydrogen (secondary N) is 2. The van der Waals surface area contributed by atoms with Crippen molar-refractivity contribution in [2.75, 3.05) is 18.5 Å². The van der Waals surface area contributed by atoms with Crippen LogP contribution in [0.3, 0.4) is 0 Å². The molecule has 26 heavy (non-hydrogen) atoms. The van der Waals surface area contributed by atoms with Gasteiger partial charge in [-0.05, 0) is 32.8 Å². The molecule has 0 radical (unpaired) electrons. The summed E-state index contributed by atoms with van der Waals surface area (Å²) in [4.78, 5) is 24.7. The average molecular weight is 375 g/mol. The zero-order valence-corrected chi connectivity index (χ0v) is 16.5. The van der Waals surface area contributed by atoms with E-state index in [4.69, 9.17) is 4.74 Å². The molecule has 1 heterocycles. The van der Waals surface area contributed by atoms with E-state index in [0.717, 1.165) is 23.1 Å². The summed E-state index contributed by atoms with van der Waals surface area (Å²) in [6.45, 7) is 8.35. The minimum absolute atomic E-state index is 0.173. The number of anilines is 1. The molecule has 1 aromatic heterocycles. The van der Waals surface area contributed by atoms with Gasteiger partial charge in [-0.25, -0.2) is 4.79 Å². The van der Waals surface area contributed by atoms with E-state index in [-0.39, 0.29) is 25.1 Å². The summed E-state index contributed by atoms with van der Waals surface area (Å²) in [5, 5.41) is 8.40. The number of benzene rings is 1. The summed E-state index contributed by atoms with van der Waals surface area (Å²) in [6.07, 6.45) is 0.942. The first-order valence-corrected chi connectivity index (χ1v) is 9.73. The Morgan fingerprint density at radius 3 is 2.50 bits per heavy atom. The molecule has 5 nitrogen and oxygen atoms in total. The number of esters is 1. The molecule has 0 fully saturated rings. The number of hydrogen-bond donors (Lipinski definition) is 2. The van der Waals surface area contributed by atoms with E-state index in [1.807, 2.05) is 43.5 Å². The van der Waals surface area contributed by atoms with E-state index < -0.39 is 5.97 Å². The van der Waals surface area contributed by atoms with Gasteiger partial charge in [-0.1, -0.05) is 36.8 Å². The molecule has 1 aromatic carbocycles. The van der Waals surface area contributed by atoms with Gasteiger partial charge in [0, 0.05) is 17.0 Å². The normalized spacial score (nSPS) is 11.8. The van der Waals surface area contributed by atoms with Gasteiger partial charge in [0.25, 0.3) is 0 Å². The molecule has 0 aliphatic rings. The third kappa shape index (κ3) is 5.16. The average Bonchev–Trinajstić information content (AvgIpc) is 3.04. The van der Waals surface area contributed by atoms with Crippen LogP contribution >= 0.6 is 11.3 Å². The Morgan fingerprint density at radius 1 is 1.19 bits per heavy atom. The quantitative estimate of drug-likeness (QED) is 0.679. The van der Waals surface area contributed by atoms with Crippen LogP contribution in [0.15, 0.2) is 29.6 Å². The standard InChI is InChI=1S/C20H26N2O3S/c1-5-14(4)21-11-17(23)22-19-18(20(24)25-6-2)16(12-26-19)15-9-7-13(3)8-10-15/h7-10,12,14,21H,5-6,11H2,1-4H3,(H,22,23). The molecule has 0 saturated carbocycles. The molecule has 1 unspecified atom stereocenters. The van der Waals surface area contributed by atoms with Gasteiger partial charge in [0.1, 0.15) is 10.6 Å². The maximum absolute atomic E-state index is 12.5. The lowest BCUT2D eigenvalue weighted by Crippen LogP contribution is -2.34. The lowest BCUT2D eigenvalue weighted by Gasteiger charge is -2.12. The number of rotatable bonds is 8. The lowest BCUT2D eigenvalue weighted by molar-refractivity contribution is -0.115. The molecule has 6 heteroatoms. The second-order valence-corrected chi connectivity index (χ2v) is 7.06. The maximum atomic E-state index is 12.5. The smallest absolute Gasteiger partial charge is 0.341 e. The fraction of sp³-hybridized carbons (Fsp3) is 0.400. The molecule has 0 aliphatic heterocycles. The minimum Gasteiger partial charge on any atom is -0.462 e. The van der Waals surface area contributed by atoms with Gasteiger partial charge in [0.15, 0.2) is 0 Å². The van der Waals surface area contributed by atoms with Gasteiger partial charge < -0.3 is 15.4 Å². The Bertz CT molecular complexity index is 753. The highest BCUT2D eigenvalue weighted by molar-refractivity contribution is 7.15. The fourth-order valence-electron chi connectivity index (χ4n) is 2.38. The highest BCUT2D eigenvalue weighted by atomic mass is 32.1. The van der Waals surface area contributed by atoms with Crippen molar-refractivity contribution in [2.45, 2.75) is 40.2 Å². The number of amides is 1. The van der Waals surface area contributed by atoms with Crippen molar-refractivity contribution in [3.05, 3.63) is 40.8 Å². The minimum atomic E-state index is -0.422. The van der Waals surface area contributed by atoms with Crippen LogP contribution in [0.2, 0.25) is 0 Å². The van der Waals surface area contributed by atoms with Crippen molar-refractivity contribution in [3.8, 4) is 11.1 Å². The van der Waals surface area contributed by atoms with E-state index >= 15 is 0 Å². The first-order chi connectivity index (χ1) is 12.5. The molecule has 1 amide bonds. The Hall–Kier alpha value is -2.18. The second kappa shape index (κ2) is 9.50. The van der Waals surface area contributed by atoms with Crippen molar-refractivity contribution in [1.82, 2.24) is 5.32 Å². The van der Waals surface area contributed by atoms with E-state index in [9.17, 15) is 9.59 Å². The van der Waals surface area contributed by atoms with Crippen molar-refractivity contribution in [1.29, 1.82) is 0 Å². The highest BCUT2D eigenvalue weighted by Crippen LogP contribution is 2.36. The molecule has 0 spiro atoms. The van der Waals surface area contributed by atoms with E-state index in [1.54, 1.807) is 6.92 Å². The van der Waals surface area contributed by atoms with Crippen LogP contribution in [0.25, 0.3) is 11.1 Å². The topological polar surface area (TPSA) is 67.4 Å². The number of hydrogen-bond acceptors (Lipinski definition) is 5. The molecule has 1 atom stereocenters. The third-order valence-electron chi connectivity index (χ3n) is 4.11. The van der Waals surface area contributed by atoms with Crippen molar-refractivity contribution in [2.24, 2.45) is 0 Å². The fourth-order valence-corrected chi connectivity index (χ4v) is 3.36. The van der Waals surface area contributed by atoms with Gasteiger partial charge in [0.2, 0.25) is 5.91 Å². The lowest BCUT2D eigenvalue weighted by atomic mass is 10.0. The zero-order valence-electron chi connectivity index (χ0n) is 15.7.